The van der Waals surface area contributed by atoms with Crippen LogP contribution in [0.3, 0.4) is 0 Å². The minimum atomic E-state index is -0.207. The Labute approximate surface area is 181 Å². The van der Waals surface area contributed by atoms with E-state index in [1.807, 2.05) is 30.3 Å². The molecule has 5 nitrogen and oxygen atoms in total. The van der Waals surface area contributed by atoms with Gasteiger partial charge in [0.05, 0.1) is 33.4 Å². The highest BCUT2D eigenvalue weighted by molar-refractivity contribution is 8.18. The first kappa shape index (κ1) is 19.6. The number of halogens is 2. The largest absolute Gasteiger partial charge is 0.505 e. The SMILES string of the molecule is O=C1/C(=C/c2cc(Cl)c(O)c(Cl)c2)SC(=Nc2ccccc2)N1Cc1ccco1. The molecule has 0 saturated carbocycles. The second kappa shape index (κ2) is 8.37. The molecule has 3 aromatic rings. The van der Waals surface area contributed by atoms with Crippen LogP contribution in [0.4, 0.5) is 5.69 Å². The Morgan fingerprint density at radius 2 is 1.83 bits per heavy atom. The summed E-state index contributed by atoms with van der Waals surface area (Å²) in [6, 6.07) is 16.1. The number of thioether (sulfide) groups is 1. The molecule has 2 heterocycles. The van der Waals surface area contributed by atoms with Gasteiger partial charge in [-0.2, -0.15) is 0 Å². The first-order valence-corrected chi connectivity index (χ1v) is 10.1. The van der Waals surface area contributed by atoms with Crippen LogP contribution in [0, 0.1) is 0 Å². The number of aliphatic imine (C=N–C) groups is 1. The zero-order valence-corrected chi connectivity index (χ0v) is 17.2. The van der Waals surface area contributed by atoms with E-state index in [0.29, 0.717) is 21.4 Å². The molecule has 1 aliphatic rings. The second-order valence-corrected chi connectivity index (χ2v) is 7.97. The van der Waals surface area contributed by atoms with Crippen LogP contribution in [0.15, 0.2) is 75.2 Å². The van der Waals surface area contributed by atoms with Gasteiger partial charge in [-0.25, -0.2) is 4.99 Å². The molecule has 2 aromatic carbocycles. The summed E-state index contributed by atoms with van der Waals surface area (Å²) in [5.74, 6) is 0.254. The summed E-state index contributed by atoms with van der Waals surface area (Å²) in [6.45, 7) is 0.263. The number of aromatic hydroxyl groups is 1. The predicted molar refractivity (Wildman–Crippen MR) is 116 cm³/mol. The minimum absolute atomic E-state index is 0.116. The zero-order valence-electron chi connectivity index (χ0n) is 14.9. The summed E-state index contributed by atoms with van der Waals surface area (Å²) >= 11 is 13.2. The molecule has 0 unspecified atom stereocenters. The lowest BCUT2D eigenvalue weighted by Gasteiger charge is -2.13. The number of carbonyl (C=O) groups excluding carboxylic acids is 1. The van der Waals surface area contributed by atoms with Gasteiger partial charge in [0.25, 0.3) is 5.91 Å². The molecular weight excluding hydrogens is 431 g/mol. The Balaban J connectivity index is 1.71. The summed E-state index contributed by atoms with van der Waals surface area (Å²) in [5, 5.41) is 10.5. The van der Waals surface area contributed by atoms with Crippen molar-refractivity contribution >= 4 is 57.8 Å². The van der Waals surface area contributed by atoms with Crippen molar-refractivity contribution in [1.82, 2.24) is 4.90 Å². The summed E-state index contributed by atoms with van der Waals surface area (Å²) in [6.07, 6.45) is 3.24. The number of carbonyl (C=O) groups is 1. The van der Waals surface area contributed by atoms with Crippen molar-refractivity contribution in [2.75, 3.05) is 0 Å². The third-order valence-corrected chi connectivity index (χ3v) is 5.68. The standard InChI is InChI=1S/C21H14Cl2N2O3S/c22-16-9-13(10-17(23)19(16)26)11-18-20(27)25(12-15-7-4-8-28-15)21(29-18)24-14-5-2-1-3-6-14/h1-11,26H,12H2/b18-11-,24-21?. The summed E-state index contributed by atoms with van der Waals surface area (Å²) in [7, 11) is 0. The highest BCUT2D eigenvalue weighted by Crippen LogP contribution is 2.38. The summed E-state index contributed by atoms with van der Waals surface area (Å²) in [4.78, 5) is 19.7. The quantitative estimate of drug-likeness (QED) is 0.493. The van der Waals surface area contributed by atoms with Gasteiger partial charge in [-0.05, 0) is 59.8 Å². The van der Waals surface area contributed by atoms with Crippen LogP contribution in [0.1, 0.15) is 11.3 Å². The smallest absolute Gasteiger partial charge is 0.267 e. The Morgan fingerprint density at radius 3 is 2.48 bits per heavy atom. The van der Waals surface area contributed by atoms with E-state index >= 15 is 0 Å². The predicted octanol–water partition coefficient (Wildman–Crippen LogP) is 6.10. The van der Waals surface area contributed by atoms with Gasteiger partial charge in [-0.3, -0.25) is 9.69 Å². The van der Waals surface area contributed by atoms with E-state index in [0.717, 1.165) is 5.69 Å². The van der Waals surface area contributed by atoms with Gasteiger partial charge < -0.3 is 9.52 Å². The van der Waals surface area contributed by atoms with E-state index in [4.69, 9.17) is 27.6 Å². The lowest BCUT2D eigenvalue weighted by atomic mass is 10.2. The van der Waals surface area contributed by atoms with Crippen molar-refractivity contribution in [2.24, 2.45) is 4.99 Å². The average Bonchev–Trinajstić information content (AvgIpc) is 3.31. The Kier molecular flexibility index (Phi) is 5.67. The van der Waals surface area contributed by atoms with Gasteiger partial charge in [0.1, 0.15) is 5.76 Å². The minimum Gasteiger partial charge on any atom is -0.505 e. The van der Waals surface area contributed by atoms with Crippen molar-refractivity contribution in [3.8, 4) is 5.75 Å². The fourth-order valence-electron chi connectivity index (χ4n) is 2.72. The Hall–Kier alpha value is -2.67. The Morgan fingerprint density at radius 1 is 1.10 bits per heavy atom. The van der Waals surface area contributed by atoms with Crippen LogP contribution in [-0.2, 0) is 11.3 Å². The number of phenols is 1. The van der Waals surface area contributed by atoms with Gasteiger partial charge in [-0.1, -0.05) is 41.4 Å². The van der Waals surface area contributed by atoms with Crippen LogP contribution in [0.2, 0.25) is 10.0 Å². The van der Waals surface area contributed by atoms with Gasteiger partial charge >= 0.3 is 0 Å². The molecule has 1 saturated heterocycles. The lowest BCUT2D eigenvalue weighted by molar-refractivity contribution is -0.122. The maximum atomic E-state index is 13.1. The normalized spacial score (nSPS) is 16.9. The van der Waals surface area contributed by atoms with Crippen molar-refractivity contribution < 1.29 is 14.3 Å². The molecule has 1 aliphatic heterocycles. The first-order chi connectivity index (χ1) is 14.0. The molecule has 0 radical (unpaired) electrons. The van der Waals surface area contributed by atoms with Crippen LogP contribution in [-0.4, -0.2) is 21.1 Å². The number of amidine groups is 1. The molecule has 0 bridgehead atoms. The lowest BCUT2D eigenvalue weighted by Crippen LogP contribution is -2.28. The summed E-state index contributed by atoms with van der Waals surface area (Å²) < 4.78 is 5.40. The number of phenolic OH excluding ortho intramolecular Hbond substituents is 1. The molecule has 29 heavy (non-hydrogen) atoms. The van der Waals surface area contributed by atoms with Gasteiger partial charge in [-0.15, -0.1) is 0 Å². The fourth-order valence-corrected chi connectivity index (χ4v) is 4.22. The number of benzene rings is 2. The van der Waals surface area contributed by atoms with Gasteiger partial charge in [0, 0.05) is 0 Å². The number of furan rings is 1. The highest BCUT2D eigenvalue weighted by atomic mass is 35.5. The van der Waals surface area contributed by atoms with Gasteiger partial charge in [0.2, 0.25) is 0 Å². The van der Waals surface area contributed by atoms with E-state index in [1.165, 1.54) is 11.8 Å². The summed E-state index contributed by atoms with van der Waals surface area (Å²) in [5.41, 5.74) is 1.34. The first-order valence-electron chi connectivity index (χ1n) is 8.57. The molecule has 146 valence electrons. The number of hydrogen-bond donors (Lipinski definition) is 1. The Bertz CT molecular complexity index is 1090. The molecule has 1 amide bonds. The number of hydrogen-bond acceptors (Lipinski definition) is 5. The maximum absolute atomic E-state index is 13.1. The zero-order chi connectivity index (χ0) is 20.4. The van der Waals surface area contributed by atoms with E-state index in [1.54, 1.807) is 41.5 Å². The van der Waals surface area contributed by atoms with Gasteiger partial charge in [0.15, 0.2) is 10.9 Å². The molecule has 8 heteroatoms. The fraction of sp³-hybridized carbons (Fsp3) is 0.0476. The highest BCUT2D eigenvalue weighted by Gasteiger charge is 2.34. The van der Waals surface area contributed by atoms with E-state index in [2.05, 4.69) is 4.99 Å². The number of amides is 1. The number of para-hydroxylation sites is 1. The average molecular weight is 445 g/mol. The van der Waals surface area contributed by atoms with Crippen LogP contribution in [0.25, 0.3) is 6.08 Å². The number of rotatable bonds is 4. The molecular formula is C21H14Cl2N2O3S. The molecule has 0 aliphatic carbocycles. The third-order valence-electron chi connectivity index (χ3n) is 4.10. The monoisotopic (exact) mass is 444 g/mol. The topological polar surface area (TPSA) is 66.0 Å². The third kappa shape index (κ3) is 4.34. The molecule has 1 N–H and O–H groups in total. The van der Waals surface area contributed by atoms with Crippen molar-refractivity contribution in [3.05, 3.63) is 87.1 Å². The molecule has 0 atom stereocenters. The van der Waals surface area contributed by atoms with E-state index < -0.39 is 0 Å². The second-order valence-electron chi connectivity index (χ2n) is 6.14. The molecule has 0 spiro atoms. The maximum Gasteiger partial charge on any atom is 0.267 e. The van der Waals surface area contributed by atoms with Crippen LogP contribution < -0.4 is 0 Å². The molecule has 1 aromatic heterocycles. The molecule has 1 fully saturated rings. The van der Waals surface area contributed by atoms with Crippen molar-refractivity contribution in [1.29, 1.82) is 0 Å². The number of nitrogens with zero attached hydrogens (tertiary/aromatic N) is 2. The van der Waals surface area contributed by atoms with E-state index in [-0.39, 0.29) is 28.2 Å². The van der Waals surface area contributed by atoms with Crippen molar-refractivity contribution in [2.45, 2.75) is 6.54 Å². The van der Waals surface area contributed by atoms with E-state index in [9.17, 15) is 9.90 Å². The molecule has 4 rings (SSSR count). The van der Waals surface area contributed by atoms with Crippen molar-refractivity contribution in [3.63, 3.8) is 0 Å². The van der Waals surface area contributed by atoms with Crippen LogP contribution >= 0.6 is 35.0 Å². The van der Waals surface area contributed by atoms with Crippen LogP contribution in [0.5, 0.6) is 5.75 Å².